The summed E-state index contributed by atoms with van der Waals surface area (Å²) >= 11 is 0. The number of nitrogens with zero attached hydrogens (tertiary/aromatic N) is 1. The highest BCUT2D eigenvalue weighted by Crippen LogP contribution is 2.13. The molecule has 158 valence electrons. The number of amides is 1. The SMILES string of the molecule is CCNC(=NCc1ccc(NC(=O)c2ccco2)cc1)NC1CCS(=O)(=O)C1.I. The lowest BCUT2D eigenvalue weighted by Gasteiger charge is -2.15. The van der Waals surface area contributed by atoms with Crippen LogP contribution < -0.4 is 16.0 Å². The van der Waals surface area contributed by atoms with Crippen molar-refractivity contribution in [2.75, 3.05) is 23.4 Å². The predicted octanol–water partition coefficient (Wildman–Crippen LogP) is 2.39. The number of hydrogen-bond donors (Lipinski definition) is 3. The smallest absolute Gasteiger partial charge is 0.291 e. The van der Waals surface area contributed by atoms with E-state index in [0.29, 0.717) is 31.2 Å². The molecule has 1 aromatic carbocycles. The number of guanidine groups is 1. The Labute approximate surface area is 187 Å². The fourth-order valence-corrected chi connectivity index (χ4v) is 4.56. The third-order valence-electron chi connectivity index (χ3n) is 4.29. The largest absolute Gasteiger partial charge is 0.459 e. The molecule has 1 unspecified atom stereocenters. The predicted molar refractivity (Wildman–Crippen MR) is 124 cm³/mol. The van der Waals surface area contributed by atoms with Crippen molar-refractivity contribution in [2.24, 2.45) is 4.99 Å². The molecule has 2 aromatic rings. The number of benzene rings is 1. The number of carbonyl (C=O) groups is 1. The van der Waals surface area contributed by atoms with Crippen LogP contribution in [0.15, 0.2) is 52.1 Å². The van der Waals surface area contributed by atoms with Gasteiger partial charge in [0.2, 0.25) is 0 Å². The summed E-state index contributed by atoms with van der Waals surface area (Å²) in [5.74, 6) is 0.904. The van der Waals surface area contributed by atoms with Crippen molar-refractivity contribution in [2.45, 2.75) is 25.9 Å². The maximum atomic E-state index is 12.0. The van der Waals surface area contributed by atoms with Gasteiger partial charge in [-0.3, -0.25) is 4.79 Å². The average molecular weight is 532 g/mol. The van der Waals surface area contributed by atoms with E-state index in [1.165, 1.54) is 6.26 Å². The number of carbonyl (C=O) groups excluding carboxylic acids is 1. The van der Waals surface area contributed by atoms with Crippen LogP contribution in [-0.4, -0.2) is 44.4 Å². The molecule has 1 aliphatic heterocycles. The Morgan fingerprint density at radius 2 is 2.00 bits per heavy atom. The van der Waals surface area contributed by atoms with Crippen molar-refractivity contribution in [3.63, 3.8) is 0 Å². The fraction of sp³-hybridized carbons (Fsp3) is 0.368. The zero-order chi connectivity index (χ0) is 20.0. The molecule has 2 heterocycles. The highest BCUT2D eigenvalue weighted by molar-refractivity contribution is 14.0. The molecule has 0 bridgehead atoms. The Bertz CT molecular complexity index is 928. The molecule has 1 fully saturated rings. The van der Waals surface area contributed by atoms with Gasteiger partial charge in [0.25, 0.3) is 5.91 Å². The summed E-state index contributed by atoms with van der Waals surface area (Å²) in [6.45, 7) is 3.07. The lowest BCUT2D eigenvalue weighted by molar-refractivity contribution is 0.0996. The zero-order valence-electron chi connectivity index (χ0n) is 16.1. The van der Waals surface area contributed by atoms with Gasteiger partial charge in [-0.1, -0.05) is 12.1 Å². The minimum atomic E-state index is -2.94. The van der Waals surface area contributed by atoms with Crippen molar-refractivity contribution in [3.8, 4) is 0 Å². The van der Waals surface area contributed by atoms with Crippen LogP contribution in [0.1, 0.15) is 29.5 Å². The first-order valence-corrected chi connectivity index (χ1v) is 11.0. The molecule has 10 heteroatoms. The van der Waals surface area contributed by atoms with Gasteiger partial charge in [0.1, 0.15) is 0 Å². The van der Waals surface area contributed by atoms with E-state index in [9.17, 15) is 13.2 Å². The Morgan fingerprint density at radius 1 is 1.24 bits per heavy atom. The number of furan rings is 1. The summed E-state index contributed by atoms with van der Waals surface area (Å²) < 4.78 is 28.3. The first-order chi connectivity index (χ1) is 13.4. The maximum absolute atomic E-state index is 12.0. The van der Waals surface area contributed by atoms with E-state index in [1.54, 1.807) is 24.3 Å². The monoisotopic (exact) mass is 532 g/mol. The van der Waals surface area contributed by atoms with E-state index in [-0.39, 0.29) is 53.2 Å². The van der Waals surface area contributed by atoms with Gasteiger partial charge >= 0.3 is 0 Å². The molecule has 1 aromatic heterocycles. The number of hydrogen-bond acceptors (Lipinski definition) is 5. The van der Waals surface area contributed by atoms with E-state index >= 15 is 0 Å². The van der Waals surface area contributed by atoms with Gasteiger partial charge < -0.3 is 20.4 Å². The summed E-state index contributed by atoms with van der Waals surface area (Å²) in [5, 5.41) is 9.09. The van der Waals surface area contributed by atoms with Crippen LogP contribution in [0, 0.1) is 0 Å². The van der Waals surface area contributed by atoms with Crippen LogP contribution >= 0.6 is 24.0 Å². The van der Waals surface area contributed by atoms with Crippen LogP contribution in [0.25, 0.3) is 0 Å². The zero-order valence-corrected chi connectivity index (χ0v) is 19.2. The molecule has 8 nitrogen and oxygen atoms in total. The number of anilines is 1. The number of halogens is 1. The Balaban J connectivity index is 0.00000300. The van der Waals surface area contributed by atoms with E-state index in [0.717, 1.165) is 5.56 Å². The van der Waals surface area contributed by atoms with Gasteiger partial charge in [-0.05, 0) is 43.2 Å². The van der Waals surface area contributed by atoms with Crippen molar-refractivity contribution in [1.29, 1.82) is 0 Å². The molecule has 0 aliphatic carbocycles. The second kappa shape index (κ2) is 10.6. The molecule has 0 saturated carbocycles. The first kappa shape index (κ1) is 23.2. The lowest BCUT2D eigenvalue weighted by Crippen LogP contribution is -2.44. The summed E-state index contributed by atoms with van der Waals surface area (Å²) in [6, 6.07) is 10.5. The normalized spacial score (nSPS) is 18.0. The minimum Gasteiger partial charge on any atom is -0.459 e. The molecule has 0 radical (unpaired) electrons. The second-order valence-electron chi connectivity index (χ2n) is 6.57. The van der Waals surface area contributed by atoms with E-state index < -0.39 is 9.84 Å². The van der Waals surface area contributed by atoms with Crippen molar-refractivity contribution < 1.29 is 17.6 Å². The van der Waals surface area contributed by atoms with Gasteiger partial charge in [-0.15, -0.1) is 24.0 Å². The quantitative estimate of drug-likeness (QED) is 0.299. The molecular weight excluding hydrogens is 507 g/mol. The third kappa shape index (κ3) is 7.03. The molecule has 1 saturated heterocycles. The van der Waals surface area contributed by atoms with E-state index in [2.05, 4.69) is 20.9 Å². The van der Waals surface area contributed by atoms with Crippen molar-refractivity contribution in [1.82, 2.24) is 10.6 Å². The van der Waals surface area contributed by atoms with Crippen molar-refractivity contribution >= 4 is 51.4 Å². The third-order valence-corrected chi connectivity index (χ3v) is 6.06. The van der Waals surface area contributed by atoms with Crippen molar-refractivity contribution in [3.05, 3.63) is 54.0 Å². The van der Waals surface area contributed by atoms with Gasteiger partial charge in [0.15, 0.2) is 21.6 Å². The van der Waals surface area contributed by atoms with E-state index in [4.69, 9.17) is 4.42 Å². The molecule has 1 aliphatic rings. The van der Waals surface area contributed by atoms with Gasteiger partial charge in [-0.25, -0.2) is 13.4 Å². The molecule has 1 amide bonds. The highest BCUT2D eigenvalue weighted by atomic mass is 127. The summed E-state index contributed by atoms with van der Waals surface area (Å²) in [7, 11) is -2.94. The Morgan fingerprint density at radius 3 is 2.59 bits per heavy atom. The molecule has 3 rings (SSSR count). The number of nitrogens with one attached hydrogen (secondary N) is 3. The summed E-state index contributed by atoms with van der Waals surface area (Å²) in [5.41, 5.74) is 1.63. The summed E-state index contributed by atoms with van der Waals surface area (Å²) in [4.78, 5) is 16.5. The van der Waals surface area contributed by atoms with Gasteiger partial charge in [0, 0.05) is 18.3 Å². The standard InChI is InChI=1S/C19H24N4O4S.HI/c1-2-20-19(23-16-9-11-28(25,26)13-16)21-12-14-5-7-15(8-6-14)22-18(24)17-4-3-10-27-17;/h3-8,10,16H,2,9,11-13H2,1H3,(H,22,24)(H2,20,21,23);1H. The highest BCUT2D eigenvalue weighted by Gasteiger charge is 2.28. The minimum absolute atomic E-state index is 0. The first-order valence-electron chi connectivity index (χ1n) is 9.14. The lowest BCUT2D eigenvalue weighted by atomic mass is 10.2. The fourth-order valence-electron chi connectivity index (χ4n) is 2.89. The molecular formula is C19H25IN4O4S. The molecule has 1 atom stereocenters. The maximum Gasteiger partial charge on any atom is 0.291 e. The van der Waals surface area contributed by atoms with Crippen LogP contribution in [0.5, 0.6) is 0 Å². The summed E-state index contributed by atoms with van der Waals surface area (Å²) in [6.07, 6.45) is 2.05. The average Bonchev–Trinajstić information content (AvgIpc) is 3.31. The topological polar surface area (TPSA) is 113 Å². The van der Waals surface area contributed by atoms with Gasteiger partial charge in [0.05, 0.1) is 24.3 Å². The van der Waals surface area contributed by atoms with Crippen LogP contribution in [0.3, 0.4) is 0 Å². The Kier molecular flexibility index (Phi) is 8.50. The molecule has 0 spiro atoms. The molecule has 29 heavy (non-hydrogen) atoms. The molecule has 3 N–H and O–H groups in total. The van der Waals surface area contributed by atoms with E-state index in [1.807, 2.05) is 19.1 Å². The van der Waals surface area contributed by atoms with Crippen LogP contribution in [0.2, 0.25) is 0 Å². The number of sulfone groups is 1. The van der Waals surface area contributed by atoms with Gasteiger partial charge in [-0.2, -0.15) is 0 Å². The Hall–Kier alpha value is -2.08. The number of aliphatic imine (C=N–C) groups is 1. The van der Waals surface area contributed by atoms with Crippen LogP contribution in [0.4, 0.5) is 5.69 Å². The second-order valence-corrected chi connectivity index (χ2v) is 8.80. The number of rotatable bonds is 6. The van der Waals surface area contributed by atoms with Crippen LogP contribution in [-0.2, 0) is 16.4 Å².